The smallest absolute Gasteiger partial charge is 0.385 e. The van der Waals surface area contributed by atoms with Gasteiger partial charge >= 0.3 is 5.69 Å². The lowest BCUT2D eigenvalue weighted by Gasteiger charge is -2.07. The van der Waals surface area contributed by atoms with Crippen molar-refractivity contribution in [3.05, 3.63) is 29.2 Å². The van der Waals surface area contributed by atoms with E-state index in [0.717, 1.165) is 0 Å². The fourth-order valence-corrected chi connectivity index (χ4v) is 2.57. The van der Waals surface area contributed by atoms with Crippen molar-refractivity contribution in [3.63, 3.8) is 0 Å². The second-order valence-corrected chi connectivity index (χ2v) is 6.30. The molecule has 1 aromatic carbocycles. The molecule has 0 aliphatic rings. The summed E-state index contributed by atoms with van der Waals surface area (Å²) in [5.74, 6) is -0.649. The number of benzene rings is 1. The molecule has 8 nitrogen and oxygen atoms in total. The van der Waals surface area contributed by atoms with Crippen molar-refractivity contribution >= 4 is 25.9 Å². The Hall–Kier alpha value is -1.54. The van der Waals surface area contributed by atoms with Crippen LogP contribution >= 0.6 is 0 Å². The number of nitrogens with zero attached hydrogens (tertiary/aromatic N) is 2. The number of sulfone groups is 1. The maximum atomic E-state index is 11.6. The summed E-state index contributed by atoms with van der Waals surface area (Å²) in [4.78, 5) is 2.75. The minimum Gasteiger partial charge on any atom is -0.726 e. The van der Waals surface area contributed by atoms with E-state index in [1.165, 1.54) is 24.3 Å². The van der Waals surface area contributed by atoms with Crippen molar-refractivity contribution in [2.75, 3.05) is 12.4 Å². The predicted octanol–water partition coefficient (Wildman–Crippen LogP) is 0.422. The fourth-order valence-electron chi connectivity index (χ4n) is 1.08. The van der Waals surface area contributed by atoms with Crippen LogP contribution in [0.3, 0.4) is 0 Å². The second kappa shape index (κ2) is 5.40. The first-order valence-electron chi connectivity index (χ1n) is 4.53. The molecule has 1 aromatic rings. The molecule has 10 heteroatoms. The third kappa shape index (κ3) is 4.38. The molecule has 0 heterocycles. The lowest BCUT2D eigenvalue weighted by Crippen LogP contribution is -2.15. The molecule has 0 amide bonds. The van der Waals surface area contributed by atoms with E-state index in [0.29, 0.717) is 0 Å². The van der Waals surface area contributed by atoms with E-state index in [2.05, 4.69) is 9.16 Å². The Morgan fingerprint density at radius 3 is 2.17 bits per heavy atom. The highest BCUT2D eigenvalue weighted by Crippen LogP contribution is 2.17. The van der Waals surface area contributed by atoms with Crippen LogP contribution in [0, 0.1) is 5.39 Å². The molecule has 0 saturated carbocycles. The Kier molecular flexibility index (Phi) is 4.36. The van der Waals surface area contributed by atoms with Gasteiger partial charge in [0.1, 0.15) is 0 Å². The average molecular weight is 292 g/mol. The minimum absolute atomic E-state index is 0.0956. The summed E-state index contributed by atoms with van der Waals surface area (Å²) in [6.45, 7) is -0.750. The van der Waals surface area contributed by atoms with Crippen molar-refractivity contribution in [1.82, 2.24) is 0 Å². The SMILES string of the molecule is N#[N+]c1ccc(S(=O)(=O)CCOS(=O)(=O)[O-])cc1. The van der Waals surface area contributed by atoms with Gasteiger partial charge < -0.3 is 4.55 Å². The molecule has 0 bridgehead atoms. The Balaban J connectivity index is 2.78. The highest BCUT2D eigenvalue weighted by Gasteiger charge is 2.16. The number of hydrogen-bond acceptors (Lipinski definition) is 7. The molecule has 0 aliphatic carbocycles. The predicted molar refractivity (Wildman–Crippen MR) is 58.9 cm³/mol. The van der Waals surface area contributed by atoms with Crippen molar-refractivity contribution in [1.29, 1.82) is 5.39 Å². The van der Waals surface area contributed by atoms with Gasteiger partial charge in [0, 0.05) is 12.1 Å². The van der Waals surface area contributed by atoms with Gasteiger partial charge in [0.05, 0.1) is 17.3 Å². The summed E-state index contributed by atoms with van der Waals surface area (Å²) in [6.07, 6.45) is 0. The van der Waals surface area contributed by atoms with E-state index in [1.54, 1.807) is 0 Å². The molecule has 0 N–H and O–H groups in total. The fraction of sp³-hybridized carbons (Fsp3) is 0.250. The van der Waals surface area contributed by atoms with E-state index in [4.69, 9.17) is 5.39 Å². The van der Waals surface area contributed by atoms with Crippen molar-refractivity contribution in [2.45, 2.75) is 4.90 Å². The highest BCUT2D eigenvalue weighted by atomic mass is 32.3. The lowest BCUT2D eigenvalue weighted by atomic mass is 10.3. The van der Waals surface area contributed by atoms with Crippen LogP contribution in [-0.2, 0) is 24.4 Å². The van der Waals surface area contributed by atoms with Gasteiger partial charge in [0.2, 0.25) is 15.8 Å². The third-order valence-corrected chi connectivity index (χ3v) is 4.04. The van der Waals surface area contributed by atoms with Gasteiger partial charge in [-0.1, -0.05) is 0 Å². The van der Waals surface area contributed by atoms with Crippen LogP contribution in [0.25, 0.3) is 4.98 Å². The summed E-state index contributed by atoms with van der Waals surface area (Å²) >= 11 is 0. The molecule has 98 valence electrons. The molecule has 0 aliphatic heterocycles. The normalized spacial score (nSPS) is 12.0. The van der Waals surface area contributed by atoms with Crippen molar-refractivity contribution < 1.29 is 25.6 Å². The van der Waals surface area contributed by atoms with Crippen molar-refractivity contribution in [3.8, 4) is 0 Å². The monoisotopic (exact) mass is 292 g/mol. The van der Waals surface area contributed by atoms with Gasteiger partial charge in [-0.2, -0.15) is 0 Å². The zero-order valence-corrected chi connectivity index (χ0v) is 10.5. The van der Waals surface area contributed by atoms with E-state index in [-0.39, 0.29) is 10.6 Å². The first kappa shape index (κ1) is 14.5. The average Bonchev–Trinajstić information content (AvgIpc) is 2.27. The third-order valence-electron chi connectivity index (χ3n) is 1.89. The quantitative estimate of drug-likeness (QED) is 0.437. The first-order valence-corrected chi connectivity index (χ1v) is 7.51. The summed E-state index contributed by atoms with van der Waals surface area (Å²) in [5, 5.41) is 8.42. The van der Waals surface area contributed by atoms with Gasteiger partial charge in [-0.3, -0.25) is 4.18 Å². The first-order chi connectivity index (χ1) is 8.24. The molecule has 0 unspecified atom stereocenters. The summed E-state index contributed by atoms with van der Waals surface area (Å²) < 4.78 is 57.5. The molecule has 0 aromatic heterocycles. The number of hydrogen-bond donors (Lipinski definition) is 0. The second-order valence-electron chi connectivity index (χ2n) is 3.14. The molecule has 0 spiro atoms. The van der Waals surface area contributed by atoms with Gasteiger partial charge in [-0.15, -0.1) is 0 Å². The van der Waals surface area contributed by atoms with E-state index in [9.17, 15) is 21.4 Å². The highest BCUT2D eigenvalue weighted by molar-refractivity contribution is 7.91. The number of rotatable bonds is 5. The standard InChI is InChI=1S/C8H8N2O6S2/c9-10-7-1-3-8(4-2-7)17(11,12)6-5-16-18(13,14)15/h1-4H,5-6H2. The van der Waals surface area contributed by atoms with Crippen molar-refractivity contribution in [2.24, 2.45) is 0 Å². The molecule has 18 heavy (non-hydrogen) atoms. The van der Waals surface area contributed by atoms with Gasteiger partial charge in [0.15, 0.2) is 14.8 Å². The van der Waals surface area contributed by atoms with Crippen LogP contribution in [0.5, 0.6) is 0 Å². The van der Waals surface area contributed by atoms with E-state index in [1.807, 2.05) is 0 Å². The molecule has 0 radical (unpaired) electrons. The number of diazo groups is 1. The maximum absolute atomic E-state index is 11.6. The molecule has 0 fully saturated rings. The van der Waals surface area contributed by atoms with Crippen LogP contribution in [0.15, 0.2) is 29.2 Å². The Morgan fingerprint density at radius 1 is 1.17 bits per heavy atom. The van der Waals surface area contributed by atoms with Gasteiger partial charge in [-0.25, -0.2) is 16.8 Å². The largest absolute Gasteiger partial charge is 0.726 e. The van der Waals surface area contributed by atoms with Crippen LogP contribution in [-0.4, -0.2) is 33.7 Å². The van der Waals surface area contributed by atoms with Gasteiger partial charge in [0.25, 0.3) is 0 Å². The zero-order chi connectivity index (χ0) is 13.8. The summed E-state index contributed by atoms with van der Waals surface area (Å²) in [6, 6.07) is 4.91. The Bertz CT molecular complexity index is 657. The Labute approximate surface area is 104 Å². The Morgan fingerprint density at radius 2 is 1.72 bits per heavy atom. The molecule has 1 rings (SSSR count). The zero-order valence-electron chi connectivity index (χ0n) is 8.88. The molecule has 0 atom stereocenters. The lowest BCUT2D eigenvalue weighted by molar-refractivity contribution is 0.276. The summed E-state index contributed by atoms with van der Waals surface area (Å²) in [7, 11) is -8.66. The van der Waals surface area contributed by atoms with Crippen LogP contribution < -0.4 is 0 Å². The van der Waals surface area contributed by atoms with Crippen LogP contribution in [0.4, 0.5) is 5.69 Å². The van der Waals surface area contributed by atoms with Crippen LogP contribution in [0.1, 0.15) is 0 Å². The molecular formula is C8H8N2O6S2. The van der Waals surface area contributed by atoms with E-state index < -0.39 is 32.6 Å². The molecule has 0 saturated heterocycles. The van der Waals surface area contributed by atoms with Gasteiger partial charge in [-0.05, 0) is 12.1 Å². The van der Waals surface area contributed by atoms with E-state index >= 15 is 0 Å². The minimum atomic E-state index is -4.90. The summed E-state index contributed by atoms with van der Waals surface area (Å²) in [5.41, 5.74) is 0.173. The molecular weight excluding hydrogens is 284 g/mol. The van der Waals surface area contributed by atoms with Crippen LogP contribution in [0.2, 0.25) is 0 Å². The maximum Gasteiger partial charge on any atom is 0.385 e. The topological polar surface area (TPSA) is 129 Å².